The van der Waals surface area contributed by atoms with Gasteiger partial charge >= 0.3 is 18.0 Å². The quantitative estimate of drug-likeness (QED) is 0.720. The number of halogens is 4. The molecular weight excluding hydrogens is 342 g/mol. The Labute approximate surface area is 138 Å². The number of hydrogen-bond acceptors (Lipinski definition) is 4. The predicted molar refractivity (Wildman–Crippen MR) is 79.1 cm³/mol. The van der Waals surface area contributed by atoms with Crippen LogP contribution in [0.1, 0.15) is 16.2 Å². The van der Waals surface area contributed by atoms with Crippen LogP contribution in [0.2, 0.25) is 0 Å². The van der Waals surface area contributed by atoms with Crippen LogP contribution in [-0.4, -0.2) is 16.1 Å². The fourth-order valence-electron chi connectivity index (χ4n) is 2.07. The number of para-hydroxylation sites is 1. The van der Waals surface area contributed by atoms with Gasteiger partial charge in [0.1, 0.15) is 5.82 Å². The van der Waals surface area contributed by atoms with Crippen molar-refractivity contribution in [2.45, 2.75) is 6.18 Å². The Bertz CT molecular complexity index is 921. The maximum absolute atomic E-state index is 13.2. The molecule has 0 spiro atoms. The number of rotatable bonds is 3. The number of carbonyl (C=O) groups excluding carboxylic acids is 1. The summed E-state index contributed by atoms with van der Waals surface area (Å²) in [6.45, 7) is 0. The van der Waals surface area contributed by atoms with E-state index in [1.54, 1.807) is 0 Å². The van der Waals surface area contributed by atoms with Crippen LogP contribution in [-0.2, 0) is 6.18 Å². The Balaban J connectivity index is 1.84. The van der Waals surface area contributed by atoms with Crippen LogP contribution in [0.3, 0.4) is 0 Å². The molecule has 0 fully saturated rings. The highest BCUT2D eigenvalue weighted by Crippen LogP contribution is 2.34. The van der Waals surface area contributed by atoms with E-state index < -0.39 is 35.0 Å². The van der Waals surface area contributed by atoms with E-state index >= 15 is 0 Å². The van der Waals surface area contributed by atoms with Crippen LogP contribution in [0, 0.1) is 5.82 Å². The molecule has 1 amide bonds. The van der Waals surface area contributed by atoms with E-state index in [4.69, 9.17) is 4.42 Å². The summed E-state index contributed by atoms with van der Waals surface area (Å²) in [6, 6.07) is 9.71. The number of hydrogen-bond donors (Lipinski definition) is 1. The normalized spacial score (nSPS) is 11.4. The lowest BCUT2D eigenvalue weighted by Crippen LogP contribution is -2.16. The smallest absolute Gasteiger partial charge is 0.412 e. The number of alkyl halides is 3. The molecule has 0 unspecified atom stereocenters. The van der Waals surface area contributed by atoms with Gasteiger partial charge in [0, 0.05) is 5.56 Å². The third-order valence-corrected chi connectivity index (χ3v) is 3.17. The van der Waals surface area contributed by atoms with Gasteiger partial charge in [-0.2, -0.15) is 13.2 Å². The zero-order valence-electron chi connectivity index (χ0n) is 12.3. The van der Waals surface area contributed by atoms with Crippen LogP contribution < -0.4 is 5.32 Å². The molecule has 0 aliphatic rings. The minimum atomic E-state index is -4.63. The number of nitrogens with zero attached hydrogens (tertiary/aromatic N) is 2. The summed E-state index contributed by atoms with van der Waals surface area (Å²) in [6.07, 6.45) is -4.63. The lowest BCUT2D eigenvalue weighted by Gasteiger charge is -2.12. The van der Waals surface area contributed by atoms with Gasteiger partial charge in [-0.15, -0.1) is 10.2 Å². The van der Waals surface area contributed by atoms with Gasteiger partial charge in [0.25, 0.3) is 0 Å². The molecule has 9 heteroatoms. The average molecular weight is 351 g/mol. The Kier molecular flexibility index (Phi) is 4.22. The minimum Gasteiger partial charge on any atom is -0.412 e. The van der Waals surface area contributed by atoms with E-state index in [9.17, 15) is 22.4 Å². The summed E-state index contributed by atoms with van der Waals surface area (Å²) >= 11 is 0. The van der Waals surface area contributed by atoms with Crippen LogP contribution >= 0.6 is 0 Å². The second-order valence-corrected chi connectivity index (χ2v) is 4.92. The number of amides is 1. The highest BCUT2D eigenvalue weighted by atomic mass is 19.4. The minimum absolute atomic E-state index is 0.131. The van der Waals surface area contributed by atoms with Crippen molar-refractivity contribution in [3.63, 3.8) is 0 Å². The van der Waals surface area contributed by atoms with Gasteiger partial charge in [-0.25, -0.2) is 4.39 Å². The van der Waals surface area contributed by atoms with E-state index in [2.05, 4.69) is 15.5 Å². The van der Waals surface area contributed by atoms with E-state index in [1.165, 1.54) is 30.3 Å². The van der Waals surface area contributed by atoms with Crippen LogP contribution in [0.15, 0.2) is 52.9 Å². The van der Waals surface area contributed by atoms with Crippen molar-refractivity contribution in [2.24, 2.45) is 0 Å². The molecular formula is C16H9F4N3O2. The molecule has 5 nitrogen and oxygen atoms in total. The molecule has 0 radical (unpaired) electrons. The van der Waals surface area contributed by atoms with E-state index in [-0.39, 0.29) is 11.5 Å². The van der Waals surface area contributed by atoms with Crippen molar-refractivity contribution in [3.8, 4) is 11.5 Å². The first-order valence-electron chi connectivity index (χ1n) is 6.91. The molecule has 0 bridgehead atoms. The monoisotopic (exact) mass is 351 g/mol. The summed E-state index contributed by atoms with van der Waals surface area (Å²) in [5.41, 5.74) is -1.21. The number of benzene rings is 2. The Morgan fingerprint density at radius 2 is 1.80 bits per heavy atom. The summed E-state index contributed by atoms with van der Waals surface area (Å²) in [7, 11) is 0. The Hall–Kier alpha value is -3.23. The second kappa shape index (κ2) is 6.34. The Morgan fingerprint density at radius 1 is 1.04 bits per heavy atom. The summed E-state index contributed by atoms with van der Waals surface area (Å²) in [4.78, 5) is 12.1. The zero-order chi connectivity index (χ0) is 18.0. The first kappa shape index (κ1) is 16.6. The number of anilines is 1. The first-order valence-corrected chi connectivity index (χ1v) is 6.91. The summed E-state index contributed by atoms with van der Waals surface area (Å²) < 4.78 is 57.1. The van der Waals surface area contributed by atoms with Crippen molar-refractivity contribution in [1.82, 2.24) is 10.2 Å². The topological polar surface area (TPSA) is 68.0 Å². The van der Waals surface area contributed by atoms with Gasteiger partial charge in [-0.05, 0) is 30.3 Å². The molecule has 0 aliphatic heterocycles. The van der Waals surface area contributed by atoms with E-state index in [0.29, 0.717) is 0 Å². The van der Waals surface area contributed by atoms with Crippen molar-refractivity contribution in [2.75, 3.05) is 5.32 Å². The molecule has 3 rings (SSSR count). The molecule has 2 aromatic carbocycles. The highest BCUT2D eigenvalue weighted by Gasteiger charge is 2.34. The highest BCUT2D eigenvalue weighted by molar-refractivity contribution is 6.01. The number of aromatic nitrogens is 2. The van der Waals surface area contributed by atoms with Gasteiger partial charge in [0.2, 0.25) is 5.89 Å². The van der Waals surface area contributed by atoms with E-state index in [1.807, 2.05) is 0 Å². The standard InChI is InChI=1S/C16H9F4N3O2/c17-10-5-3-4-9(8-10)14-22-23-15(25-14)13(24)21-12-7-2-1-6-11(12)16(18,19)20/h1-8H,(H,21,24). The number of carbonyl (C=O) groups is 1. The first-order chi connectivity index (χ1) is 11.8. The van der Waals surface area contributed by atoms with Gasteiger partial charge in [-0.1, -0.05) is 18.2 Å². The molecule has 1 heterocycles. The van der Waals surface area contributed by atoms with Gasteiger partial charge in [0.05, 0.1) is 11.3 Å². The Morgan fingerprint density at radius 3 is 2.52 bits per heavy atom. The second-order valence-electron chi connectivity index (χ2n) is 4.92. The predicted octanol–water partition coefficient (Wildman–Crippen LogP) is 4.15. The molecule has 1 N–H and O–H groups in total. The molecule has 0 saturated carbocycles. The van der Waals surface area contributed by atoms with Crippen molar-refractivity contribution in [3.05, 3.63) is 65.8 Å². The van der Waals surface area contributed by atoms with Crippen molar-refractivity contribution in [1.29, 1.82) is 0 Å². The molecule has 0 aliphatic carbocycles. The summed E-state index contributed by atoms with van der Waals surface area (Å²) in [5, 5.41) is 9.15. The van der Waals surface area contributed by atoms with Crippen molar-refractivity contribution >= 4 is 11.6 Å². The number of nitrogens with one attached hydrogen (secondary N) is 1. The fraction of sp³-hybridized carbons (Fsp3) is 0.0625. The average Bonchev–Trinajstić information content (AvgIpc) is 3.04. The van der Waals surface area contributed by atoms with E-state index in [0.717, 1.165) is 18.2 Å². The maximum Gasteiger partial charge on any atom is 0.418 e. The lowest BCUT2D eigenvalue weighted by molar-refractivity contribution is -0.136. The molecule has 0 atom stereocenters. The van der Waals surface area contributed by atoms with Crippen LogP contribution in [0.5, 0.6) is 0 Å². The third kappa shape index (κ3) is 3.65. The largest absolute Gasteiger partial charge is 0.418 e. The molecule has 0 saturated heterocycles. The van der Waals surface area contributed by atoms with Gasteiger partial charge in [0.15, 0.2) is 0 Å². The SMILES string of the molecule is O=C(Nc1ccccc1C(F)(F)F)c1nnc(-c2cccc(F)c2)o1. The van der Waals surface area contributed by atoms with Crippen LogP contribution in [0.25, 0.3) is 11.5 Å². The third-order valence-electron chi connectivity index (χ3n) is 3.17. The van der Waals surface area contributed by atoms with Gasteiger partial charge < -0.3 is 9.73 Å². The summed E-state index contributed by atoms with van der Waals surface area (Å²) in [5.74, 6) is -2.22. The fourth-order valence-corrected chi connectivity index (χ4v) is 2.07. The van der Waals surface area contributed by atoms with Gasteiger partial charge in [-0.3, -0.25) is 4.79 Å². The molecule has 3 aromatic rings. The van der Waals surface area contributed by atoms with Crippen LogP contribution in [0.4, 0.5) is 23.2 Å². The maximum atomic E-state index is 13.2. The lowest BCUT2D eigenvalue weighted by atomic mass is 10.1. The van der Waals surface area contributed by atoms with Crippen molar-refractivity contribution < 1.29 is 26.8 Å². The zero-order valence-corrected chi connectivity index (χ0v) is 12.3. The molecule has 25 heavy (non-hydrogen) atoms. The molecule has 1 aromatic heterocycles. The molecule has 128 valence electrons.